The predicted octanol–water partition coefficient (Wildman–Crippen LogP) is 2.34. The van der Waals surface area contributed by atoms with E-state index in [2.05, 4.69) is 4.74 Å². The molecule has 0 heterocycles. The highest BCUT2D eigenvalue weighted by Crippen LogP contribution is 2.30. The number of aliphatic hydroxyl groups is 1. The molecule has 15 heavy (non-hydrogen) atoms. The van der Waals surface area contributed by atoms with Crippen molar-refractivity contribution in [1.82, 2.24) is 0 Å². The zero-order valence-corrected chi connectivity index (χ0v) is 7.25. The van der Waals surface area contributed by atoms with Crippen molar-refractivity contribution in [2.75, 3.05) is 0 Å². The largest absolute Gasteiger partial charge is 0.573 e. The summed E-state index contributed by atoms with van der Waals surface area (Å²) in [6.45, 7) is 0.446. The van der Waals surface area contributed by atoms with Crippen LogP contribution in [0.2, 0.25) is 0 Å². The lowest BCUT2D eigenvalue weighted by molar-refractivity contribution is -0.274. The Morgan fingerprint density at radius 2 is 2.07 bits per heavy atom. The first-order valence-electron chi connectivity index (χ1n) is 3.74. The molecule has 1 rings (SSSR count). The minimum absolute atomic E-state index is 0.202. The van der Waals surface area contributed by atoms with Gasteiger partial charge in [0.25, 0.3) is 0 Å². The normalized spacial score (nSPS) is 10.9. The smallest absolute Gasteiger partial charge is 0.404 e. The fourth-order valence-corrected chi connectivity index (χ4v) is 0.974. The Morgan fingerprint density at radius 1 is 1.40 bits per heavy atom. The van der Waals surface area contributed by atoms with Gasteiger partial charge < -0.3 is 9.84 Å². The maximum Gasteiger partial charge on any atom is 0.573 e. The second-order valence-electron chi connectivity index (χ2n) is 2.51. The molecule has 1 aromatic rings. The number of halogens is 3. The number of ether oxygens (including phenoxy) is 1. The van der Waals surface area contributed by atoms with Crippen molar-refractivity contribution in [2.24, 2.45) is 0 Å². The average molecular weight is 216 g/mol. The Labute approximate surface area is 83.3 Å². The van der Waals surface area contributed by atoms with Gasteiger partial charge in [-0.1, -0.05) is 12.1 Å². The topological polar surface area (TPSA) is 53.2 Å². The lowest BCUT2D eigenvalue weighted by Crippen LogP contribution is -2.18. The van der Waals surface area contributed by atoms with Crippen LogP contribution in [0.5, 0.6) is 5.75 Å². The molecule has 1 radical (unpaired) electrons. The molecule has 0 amide bonds. The van der Waals surface area contributed by atoms with Crippen LogP contribution in [0.4, 0.5) is 13.2 Å². The van der Waals surface area contributed by atoms with Gasteiger partial charge in [0.1, 0.15) is 12.7 Å². The number of hydrogen-bond acceptors (Lipinski definition) is 3. The van der Waals surface area contributed by atoms with Crippen molar-refractivity contribution in [1.29, 1.82) is 5.26 Å². The van der Waals surface area contributed by atoms with Crippen LogP contribution < -0.4 is 4.74 Å². The van der Waals surface area contributed by atoms with Gasteiger partial charge in [-0.05, 0) is 6.07 Å². The molecule has 0 fully saturated rings. The van der Waals surface area contributed by atoms with E-state index in [1.165, 1.54) is 18.2 Å². The summed E-state index contributed by atoms with van der Waals surface area (Å²) in [6, 6.07) is 5.23. The third kappa shape index (κ3) is 2.86. The molecule has 0 bridgehead atoms. The van der Waals surface area contributed by atoms with E-state index in [-0.39, 0.29) is 11.1 Å². The molecule has 3 nitrogen and oxygen atoms in total. The van der Waals surface area contributed by atoms with Crippen molar-refractivity contribution >= 4 is 0 Å². The Balaban J connectivity index is 3.18. The number of alkyl halides is 3. The van der Waals surface area contributed by atoms with Gasteiger partial charge in [0, 0.05) is 5.56 Å². The molecule has 0 saturated heterocycles. The van der Waals surface area contributed by atoms with Crippen molar-refractivity contribution in [3.63, 3.8) is 0 Å². The summed E-state index contributed by atoms with van der Waals surface area (Å²) >= 11 is 0. The van der Waals surface area contributed by atoms with Crippen LogP contribution in [0.15, 0.2) is 18.2 Å². The van der Waals surface area contributed by atoms with Crippen LogP contribution in [-0.4, -0.2) is 11.5 Å². The number of para-hydroxylation sites is 1. The van der Waals surface area contributed by atoms with Gasteiger partial charge in [-0.15, -0.1) is 13.2 Å². The zero-order valence-electron chi connectivity index (χ0n) is 7.25. The van der Waals surface area contributed by atoms with Crippen molar-refractivity contribution in [3.8, 4) is 11.8 Å². The maximum atomic E-state index is 11.9. The zero-order chi connectivity index (χ0) is 11.5. The summed E-state index contributed by atoms with van der Waals surface area (Å²) in [7, 11) is 0. The first-order valence-corrected chi connectivity index (χ1v) is 3.74. The van der Waals surface area contributed by atoms with Gasteiger partial charge >= 0.3 is 6.36 Å². The highest BCUT2D eigenvalue weighted by atomic mass is 19.4. The number of rotatable bonds is 2. The van der Waals surface area contributed by atoms with Gasteiger partial charge in [0.2, 0.25) is 0 Å². The van der Waals surface area contributed by atoms with Crippen LogP contribution in [0.1, 0.15) is 11.1 Å². The van der Waals surface area contributed by atoms with Gasteiger partial charge in [-0.3, -0.25) is 0 Å². The van der Waals surface area contributed by atoms with Gasteiger partial charge in [0.15, 0.2) is 5.75 Å². The summed E-state index contributed by atoms with van der Waals surface area (Å²) in [5.74, 6) is -0.699. The molecule has 0 atom stereocenters. The molecule has 0 aromatic heterocycles. The van der Waals surface area contributed by atoms with E-state index in [1.54, 1.807) is 0 Å². The SMILES string of the molecule is N#Cc1cccc([CH]O)c1OC(F)(F)F. The fourth-order valence-electron chi connectivity index (χ4n) is 0.974. The number of nitriles is 1. The minimum atomic E-state index is -4.90. The molecule has 6 heteroatoms. The van der Waals surface area contributed by atoms with Crippen molar-refractivity contribution in [2.45, 2.75) is 6.36 Å². The number of aliphatic hydroxyl groups excluding tert-OH is 1. The number of benzene rings is 1. The van der Waals surface area contributed by atoms with Crippen LogP contribution >= 0.6 is 0 Å². The van der Waals surface area contributed by atoms with E-state index in [4.69, 9.17) is 10.4 Å². The summed E-state index contributed by atoms with van der Waals surface area (Å²) in [5.41, 5.74) is -0.499. The van der Waals surface area contributed by atoms with Crippen LogP contribution in [0, 0.1) is 17.9 Å². The van der Waals surface area contributed by atoms with Crippen molar-refractivity contribution in [3.05, 3.63) is 35.9 Å². The standard InChI is InChI=1S/C9H5F3NO2/c10-9(11,12)15-8-6(4-13)2-1-3-7(8)5-14/h1-3,5,14H. The predicted molar refractivity (Wildman–Crippen MR) is 43.2 cm³/mol. The highest BCUT2D eigenvalue weighted by molar-refractivity contribution is 5.50. The van der Waals surface area contributed by atoms with Crippen LogP contribution in [-0.2, 0) is 0 Å². The Morgan fingerprint density at radius 3 is 2.53 bits per heavy atom. The molecule has 1 aromatic carbocycles. The molecule has 79 valence electrons. The second kappa shape index (κ2) is 4.19. The van der Waals surface area contributed by atoms with E-state index >= 15 is 0 Å². The van der Waals surface area contributed by atoms with Gasteiger partial charge in [-0.2, -0.15) is 5.26 Å². The Kier molecular flexibility index (Phi) is 3.17. The summed E-state index contributed by atoms with van der Waals surface area (Å²) < 4.78 is 39.5. The first kappa shape index (κ1) is 11.3. The lowest BCUT2D eigenvalue weighted by Gasteiger charge is -2.12. The molecule has 0 unspecified atom stereocenters. The first-order chi connectivity index (χ1) is 6.98. The maximum absolute atomic E-state index is 11.9. The van der Waals surface area contributed by atoms with Crippen LogP contribution in [0.3, 0.4) is 0 Å². The minimum Gasteiger partial charge on any atom is -0.404 e. The molecule has 0 spiro atoms. The second-order valence-corrected chi connectivity index (χ2v) is 2.51. The average Bonchev–Trinajstić information content (AvgIpc) is 2.16. The van der Waals surface area contributed by atoms with E-state index in [1.807, 2.05) is 0 Å². The molecule has 0 aliphatic heterocycles. The third-order valence-corrected chi connectivity index (χ3v) is 1.52. The summed E-state index contributed by atoms with van der Waals surface area (Å²) in [6.07, 6.45) is -4.90. The highest BCUT2D eigenvalue weighted by Gasteiger charge is 2.33. The Bertz CT molecular complexity index is 395. The fraction of sp³-hybridized carbons (Fsp3) is 0.111. The molecule has 1 N–H and O–H groups in total. The van der Waals surface area contributed by atoms with Crippen LogP contribution in [0.25, 0.3) is 0 Å². The molecule has 0 saturated carbocycles. The quantitative estimate of drug-likeness (QED) is 0.825. The summed E-state index contributed by atoms with van der Waals surface area (Å²) in [5, 5.41) is 17.2. The van der Waals surface area contributed by atoms with E-state index < -0.39 is 12.1 Å². The van der Waals surface area contributed by atoms with E-state index in [0.717, 1.165) is 6.07 Å². The number of hydrogen-bond donors (Lipinski definition) is 1. The Hall–Kier alpha value is -1.74. The lowest BCUT2D eigenvalue weighted by atomic mass is 10.1. The van der Waals surface area contributed by atoms with E-state index in [9.17, 15) is 13.2 Å². The monoisotopic (exact) mass is 216 g/mol. The molecule has 0 aliphatic carbocycles. The third-order valence-electron chi connectivity index (χ3n) is 1.52. The molecular weight excluding hydrogens is 211 g/mol. The molecule has 0 aliphatic rings. The van der Waals surface area contributed by atoms with Gasteiger partial charge in [-0.25, -0.2) is 0 Å². The molecular formula is C9H5F3NO2. The van der Waals surface area contributed by atoms with Crippen molar-refractivity contribution < 1.29 is 23.0 Å². The summed E-state index contributed by atoms with van der Waals surface area (Å²) in [4.78, 5) is 0. The van der Waals surface area contributed by atoms with E-state index in [0.29, 0.717) is 6.61 Å². The van der Waals surface area contributed by atoms with Gasteiger partial charge in [0.05, 0.1) is 5.56 Å². The number of nitrogens with zero attached hydrogens (tertiary/aromatic N) is 1.